The van der Waals surface area contributed by atoms with Gasteiger partial charge in [-0.3, -0.25) is 0 Å². The molecule has 2 aromatic rings. The molecule has 5 heteroatoms. The molecule has 21 heavy (non-hydrogen) atoms. The third-order valence-corrected chi connectivity index (χ3v) is 3.07. The van der Waals surface area contributed by atoms with Gasteiger partial charge < -0.3 is 10.1 Å². The van der Waals surface area contributed by atoms with Crippen LogP contribution in [0, 0.1) is 12.7 Å². The van der Waals surface area contributed by atoms with E-state index in [-0.39, 0.29) is 11.6 Å². The van der Waals surface area contributed by atoms with Crippen LogP contribution in [0.1, 0.15) is 16.7 Å². The van der Waals surface area contributed by atoms with Crippen LogP contribution in [0.2, 0.25) is 0 Å². The maximum Gasteiger partial charge on any atom is 0.387 e. The molecule has 0 amide bonds. The lowest BCUT2D eigenvalue weighted by Gasteiger charge is -2.11. The number of nitrogens with one attached hydrogen (secondary N) is 1. The minimum atomic E-state index is -2.85. The molecule has 0 heterocycles. The number of aryl methyl sites for hydroxylation is 1. The molecule has 2 nitrogen and oxygen atoms in total. The van der Waals surface area contributed by atoms with Crippen LogP contribution < -0.4 is 10.1 Å². The topological polar surface area (TPSA) is 21.3 Å². The molecule has 0 aliphatic heterocycles. The summed E-state index contributed by atoms with van der Waals surface area (Å²) in [5.41, 5.74) is 2.02. The van der Waals surface area contributed by atoms with Crippen molar-refractivity contribution in [2.24, 2.45) is 0 Å². The summed E-state index contributed by atoms with van der Waals surface area (Å²) in [6, 6.07) is 11.6. The molecule has 0 saturated heterocycles. The number of halogens is 3. The average Bonchev–Trinajstić information content (AvgIpc) is 2.44. The third kappa shape index (κ3) is 4.49. The molecular formula is C16H16F3NO. The first kappa shape index (κ1) is 15.4. The Morgan fingerprint density at radius 1 is 1.10 bits per heavy atom. The second-order valence-electron chi connectivity index (χ2n) is 4.67. The van der Waals surface area contributed by atoms with Crippen LogP contribution in [-0.4, -0.2) is 6.61 Å². The predicted molar refractivity (Wildman–Crippen MR) is 74.8 cm³/mol. The summed E-state index contributed by atoms with van der Waals surface area (Å²) in [5, 5.41) is 3.09. The Balaban J connectivity index is 1.95. The first-order valence-corrected chi connectivity index (χ1v) is 6.54. The lowest BCUT2D eigenvalue weighted by Crippen LogP contribution is -2.14. The van der Waals surface area contributed by atoms with Crippen LogP contribution in [0.4, 0.5) is 13.2 Å². The Kier molecular flexibility index (Phi) is 5.22. The maximum absolute atomic E-state index is 13.4. The van der Waals surface area contributed by atoms with Gasteiger partial charge >= 0.3 is 6.61 Å². The lowest BCUT2D eigenvalue weighted by atomic mass is 10.1. The number of para-hydroxylation sites is 1. The van der Waals surface area contributed by atoms with Crippen LogP contribution in [-0.2, 0) is 13.1 Å². The van der Waals surface area contributed by atoms with Crippen LogP contribution in [0.5, 0.6) is 5.75 Å². The van der Waals surface area contributed by atoms with Gasteiger partial charge in [-0.25, -0.2) is 4.39 Å². The summed E-state index contributed by atoms with van der Waals surface area (Å²) in [5.74, 6) is -0.106. The van der Waals surface area contributed by atoms with Gasteiger partial charge in [0.15, 0.2) is 0 Å². The normalized spacial score (nSPS) is 10.9. The van der Waals surface area contributed by atoms with Gasteiger partial charge in [-0.1, -0.05) is 30.3 Å². The Labute approximate surface area is 121 Å². The van der Waals surface area contributed by atoms with Gasteiger partial charge in [0.1, 0.15) is 11.6 Å². The molecule has 0 radical (unpaired) electrons. The zero-order valence-corrected chi connectivity index (χ0v) is 11.6. The Hall–Kier alpha value is -2.01. The van der Waals surface area contributed by atoms with E-state index in [4.69, 9.17) is 0 Å². The second-order valence-corrected chi connectivity index (χ2v) is 4.67. The van der Waals surface area contributed by atoms with E-state index in [0.717, 1.165) is 5.56 Å². The molecule has 2 rings (SSSR count). The van der Waals surface area contributed by atoms with Crippen molar-refractivity contribution < 1.29 is 17.9 Å². The Bertz CT molecular complexity index is 602. The molecule has 1 N–H and O–H groups in total. The van der Waals surface area contributed by atoms with Crippen molar-refractivity contribution in [3.05, 3.63) is 65.0 Å². The van der Waals surface area contributed by atoms with Crippen molar-refractivity contribution in [1.29, 1.82) is 0 Å². The number of hydrogen-bond donors (Lipinski definition) is 1. The SMILES string of the molecule is Cc1ccc(CNCc2ccccc2OC(F)F)cc1F. The van der Waals surface area contributed by atoms with Crippen molar-refractivity contribution in [3.63, 3.8) is 0 Å². The summed E-state index contributed by atoms with van der Waals surface area (Å²) in [6.07, 6.45) is 0. The van der Waals surface area contributed by atoms with E-state index >= 15 is 0 Å². The monoisotopic (exact) mass is 295 g/mol. The first-order valence-electron chi connectivity index (χ1n) is 6.54. The van der Waals surface area contributed by atoms with E-state index in [1.807, 2.05) is 6.07 Å². The molecule has 0 unspecified atom stereocenters. The Morgan fingerprint density at radius 3 is 2.57 bits per heavy atom. The zero-order chi connectivity index (χ0) is 15.2. The molecule has 0 bridgehead atoms. The summed E-state index contributed by atoms with van der Waals surface area (Å²) in [6.45, 7) is -0.347. The minimum Gasteiger partial charge on any atom is -0.434 e. The maximum atomic E-state index is 13.4. The van der Waals surface area contributed by atoms with Crippen molar-refractivity contribution in [2.45, 2.75) is 26.6 Å². The van der Waals surface area contributed by atoms with Crippen molar-refractivity contribution >= 4 is 0 Å². The molecule has 0 atom stereocenters. The molecular weight excluding hydrogens is 279 g/mol. The van der Waals surface area contributed by atoms with E-state index < -0.39 is 6.61 Å². The number of ether oxygens (including phenoxy) is 1. The highest BCUT2D eigenvalue weighted by molar-refractivity contribution is 5.33. The fourth-order valence-corrected chi connectivity index (χ4v) is 1.95. The summed E-state index contributed by atoms with van der Waals surface area (Å²) >= 11 is 0. The minimum absolute atomic E-state index is 0.148. The molecule has 2 aromatic carbocycles. The van der Waals surface area contributed by atoms with E-state index in [1.165, 1.54) is 12.1 Å². The molecule has 0 aliphatic rings. The molecule has 0 fully saturated rings. The first-order chi connectivity index (χ1) is 10.1. The van der Waals surface area contributed by atoms with Crippen molar-refractivity contribution in [1.82, 2.24) is 5.32 Å². The van der Waals surface area contributed by atoms with Crippen LogP contribution in [0.15, 0.2) is 42.5 Å². The number of rotatable bonds is 6. The number of hydrogen-bond acceptors (Lipinski definition) is 2. The van der Waals surface area contributed by atoms with E-state index in [1.54, 1.807) is 31.2 Å². The third-order valence-electron chi connectivity index (χ3n) is 3.07. The van der Waals surface area contributed by atoms with E-state index in [9.17, 15) is 13.2 Å². The molecule has 0 aromatic heterocycles. The summed E-state index contributed by atoms with van der Waals surface area (Å²) in [7, 11) is 0. The van der Waals surface area contributed by atoms with Crippen molar-refractivity contribution in [2.75, 3.05) is 0 Å². The quantitative estimate of drug-likeness (QED) is 0.869. The highest BCUT2D eigenvalue weighted by Crippen LogP contribution is 2.20. The van der Waals surface area contributed by atoms with Crippen LogP contribution in [0.25, 0.3) is 0 Å². The molecule has 0 spiro atoms. The average molecular weight is 295 g/mol. The zero-order valence-electron chi connectivity index (χ0n) is 11.6. The summed E-state index contributed by atoms with van der Waals surface area (Å²) in [4.78, 5) is 0. The highest BCUT2D eigenvalue weighted by atomic mass is 19.3. The van der Waals surface area contributed by atoms with Gasteiger partial charge in [-0.05, 0) is 30.2 Å². The second kappa shape index (κ2) is 7.13. The fraction of sp³-hybridized carbons (Fsp3) is 0.250. The van der Waals surface area contributed by atoms with Gasteiger partial charge in [0.25, 0.3) is 0 Å². The molecule has 0 aliphatic carbocycles. The smallest absolute Gasteiger partial charge is 0.387 e. The van der Waals surface area contributed by atoms with E-state index in [2.05, 4.69) is 10.1 Å². The van der Waals surface area contributed by atoms with Gasteiger partial charge in [0.2, 0.25) is 0 Å². The van der Waals surface area contributed by atoms with E-state index in [0.29, 0.717) is 24.2 Å². The largest absolute Gasteiger partial charge is 0.434 e. The number of benzene rings is 2. The van der Waals surface area contributed by atoms with Crippen molar-refractivity contribution in [3.8, 4) is 5.75 Å². The van der Waals surface area contributed by atoms with Crippen LogP contribution in [0.3, 0.4) is 0 Å². The molecule has 112 valence electrons. The van der Waals surface area contributed by atoms with Gasteiger partial charge in [-0.15, -0.1) is 0 Å². The van der Waals surface area contributed by atoms with Gasteiger partial charge in [0.05, 0.1) is 0 Å². The van der Waals surface area contributed by atoms with Crippen LogP contribution >= 0.6 is 0 Å². The lowest BCUT2D eigenvalue weighted by molar-refractivity contribution is -0.0505. The summed E-state index contributed by atoms with van der Waals surface area (Å²) < 4.78 is 42.4. The predicted octanol–water partition coefficient (Wildman–Crippen LogP) is 4.03. The number of alkyl halides is 2. The molecule has 0 saturated carbocycles. The van der Waals surface area contributed by atoms with Gasteiger partial charge in [0, 0.05) is 18.7 Å². The highest BCUT2D eigenvalue weighted by Gasteiger charge is 2.08. The standard InChI is InChI=1S/C16H16F3NO/c1-11-6-7-12(8-14(11)17)9-20-10-13-4-2-3-5-15(13)21-16(18)19/h2-8,16,20H,9-10H2,1H3. The van der Waals surface area contributed by atoms with Gasteiger partial charge in [-0.2, -0.15) is 8.78 Å². The Morgan fingerprint density at radius 2 is 1.86 bits per heavy atom. The fourth-order valence-electron chi connectivity index (χ4n) is 1.95.